The summed E-state index contributed by atoms with van der Waals surface area (Å²) in [6.45, 7) is 5.63. The first-order chi connectivity index (χ1) is 6.95. The summed E-state index contributed by atoms with van der Waals surface area (Å²) in [7, 11) is 0. The zero-order valence-electron chi connectivity index (χ0n) is 9.08. The van der Waals surface area contributed by atoms with Crippen LogP contribution in [-0.2, 0) is 0 Å². The largest absolute Gasteiger partial charge is 0.411 e. The van der Waals surface area contributed by atoms with Gasteiger partial charge in [0.2, 0.25) is 0 Å². The molecule has 0 aromatic heterocycles. The maximum Gasteiger partial charge on any atom is 0.0787 e. The van der Waals surface area contributed by atoms with Crippen LogP contribution in [0.15, 0.2) is 29.4 Å². The molecule has 0 spiro atoms. The van der Waals surface area contributed by atoms with Crippen molar-refractivity contribution < 1.29 is 5.21 Å². The number of rotatable bonds is 3. The minimum atomic E-state index is -0.403. The maximum atomic E-state index is 8.72. The Bertz CT molecular complexity index is 375. The van der Waals surface area contributed by atoms with Crippen LogP contribution in [0.2, 0.25) is 5.02 Å². The number of anilines is 1. The number of nitrogens with zero attached hydrogens (tertiary/aromatic N) is 1. The van der Waals surface area contributed by atoms with E-state index in [0.717, 1.165) is 5.69 Å². The Morgan fingerprint density at radius 2 is 2.13 bits per heavy atom. The third-order valence-corrected chi connectivity index (χ3v) is 2.57. The Morgan fingerprint density at radius 3 is 2.67 bits per heavy atom. The molecular formula is C11H15ClN2O. The van der Waals surface area contributed by atoms with Crippen molar-refractivity contribution in [1.29, 1.82) is 0 Å². The molecule has 0 heterocycles. The summed E-state index contributed by atoms with van der Waals surface area (Å²) < 4.78 is 0. The summed E-state index contributed by atoms with van der Waals surface area (Å²) in [5.74, 6) is 0. The van der Waals surface area contributed by atoms with E-state index in [1.54, 1.807) is 6.92 Å². The summed E-state index contributed by atoms with van der Waals surface area (Å²) in [6, 6.07) is 7.42. The molecule has 4 heteroatoms. The Morgan fingerprint density at radius 1 is 1.47 bits per heavy atom. The lowest BCUT2D eigenvalue weighted by Gasteiger charge is -2.26. The van der Waals surface area contributed by atoms with E-state index in [4.69, 9.17) is 16.8 Å². The predicted molar refractivity (Wildman–Crippen MR) is 64.0 cm³/mol. The molecule has 0 aliphatic rings. The van der Waals surface area contributed by atoms with Gasteiger partial charge in [0.05, 0.1) is 11.3 Å². The van der Waals surface area contributed by atoms with Gasteiger partial charge >= 0.3 is 0 Å². The molecule has 0 saturated heterocycles. The molecule has 0 aliphatic heterocycles. The highest BCUT2D eigenvalue weighted by Crippen LogP contribution is 2.20. The van der Waals surface area contributed by atoms with Crippen molar-refractivity contribution in [1.82, 2.24) is 0 Å². The molecule has 0 aliphatic carbocycles. The summed E-state index contributed by atoms with van der Waals surface area (Å²) in [6.07, 6.45) is 0. The van der Waals surface area contributed by atoms with Gasteiger partial charge in [0.25, 0.3) is 0 Å². The summed E-state index contributed by atoms with van der Waals surface area (Å²) in [5, 5.41) is 15.8. The quantitative estimate of drug-likeness (QED) is 0.472. The lowest BCUT2D eigenvalue weighted by molar-refractivity contribution is 0.314. The highest BCUT2D eigenvalue weighted by Gasteiger charge is 2.21. The monoisotopic (exact) mass is 226 g/mol. The zero-order valence-corrected chi connectivity index (χ0v) is 9.84. The Balaban J connectivity index is 2.86. The van der Waals surface area contributed by atoms with Crippen LogP contribution in [0.4, 0.5) is 5.69 Å². The average molecular weight is 227 g/mol. The fourth-order valence-corrected chi connectivity index (χ4v) is 1.33. The fraction of sp³-hybridized carbons (Fsp3) is 0.364. The normalized spacial score (nSPS) is 12.7. The van der Waals surface area contributed by atoms with Crippen LogP contribution in [0.5, 0.6) is 0 Å². The third kappa shape index (κ3) is 3.13. The number of nitrogens with one attached hydrogen (secondary N) is 1. The highest BCUT2D eigenvalue weighted by molar-refractivity contribution is 6.30. The first kappa shape index (κ1) is 11.9. The van der Waals surface area contributed by atoms with Crippen molar-refractivity contribution in [3.63, 3.8) is 0 Å². The van der Waals surface area contributed by atoms with Crippen LogP contribution in [0.3, 0.4) is 0 Å². The molecule has 1 rings (SSSR count). The molecule has 82 valence electrons. The van der Waals surface area contributed by atoms with E-state index in [-0.39, 0.29) is 0 Å². The van der Waals surface area contributed by atoms with Gasteiger partial charge in [0, 0.05) is 10.7 Å². The molecule has 1 aromatic rings. The molecule has 2 N–H and O–H groups in total. The Kier molecular flexibility index (Phi) is 3.58. The van der Waals surface area contributed by atoms with E-state index in [1.165, 1.54) is 0 Å². The number of benzene rings is 1. The molecule has 0 unspecified atom stereocenters. The van der Waals surface area contributed by atoms with Crippen molar-refractivity contribution in [2.45, 2.75) is 26.3 Å². The van der Waals surface area contributed by atoms with Crippen molar-refractivity contribution >= 4 is 23.0 Å². The Labute approximate surface area is 94.8 Å². The van der Waals surface area contributed by atoms with Crippen molar-refractivity contribution in [3.05, 3.63) is 29.3 Å². The molecule has 1 aromatic carbocycles. The highest BCUT2D eigenvalue weighted by atomic mass is 35.5. The number of oxime groups is 1. The standard InChI is InChI=1S/C11H15ClN2O/c1-8(14-15)11(2,3)13-10-6-4-5-9(12)7-10/h4-7,13,15H,1-3H3/b14-8-. The molecule has 0 radical (unpaired) electrons. The van der Waals surface area contributed by atoms with E-state index in [0.29, 0.717) is 10.7 Å². The van der Waals surface area contributed by atoms with Crippen molar-refractivity contribution in [2.75, 3.05) is 5.32 Å². The molecule has 0 fully saturated rings. The van der Waals surface area contributed by atoms with Gasteiger partial charge in [-0.25, -0.2) is 0 Å². The van der Waals surface area contributed by atoms with Crippen LogP contribution in [0.1, 0.15) is 20.8 Å². The smallest absolute Gasteiger partial charge is 0.0787 e. The minimum absolute atomic E-state index is 0.403. The van der Waals surface area contributed by atoms with Crippen LogP contribution >= 0.6 is 11.6 Å². The van der Waals surface area contributed by atoms with Gasteiger partial charge in [-0.2, -0.15) is 0 Å². The third-order valence-electron chi connectivity index (χ3n) is 2.34. The van der Waals surface area contributed by atoms with E-state index in [2.05, 4.69) is 10.5 Å². The van der Waals surface area contributed by atoms with E-state index >= 15 is 0 Å². The first-order valence-corrected chi connectivity index (χ1v) is 5.06. The van der Waals surface area contributed by atoms with Gasteiger partial charge in [-0.1, -0.05) is 22.8 Å². The van der Waals surface area contributed by atoms with Crippen molar-refractivity contribution in [2.24, 2.45) is 5.16 Å². The molecule has 3 nitrogen and oxygen atoms in total. The summed E-state index contributed by atoms with van der Waals surface area (Å²) in [5.41, 5.74) is 1.11. The first-order valence-electron chi connectivity index (χ1n) is 4.68. The topological polar surface area (TPSA) is 44.6 Å². The predicted octanol–water partition coefficient (Wildman–Crippen LogP) is 3.38. The lowest BCUT2D eigenvalue weighted by atomic mass is 9.99. The van der Waals surface area contributed by atoms with E-state index in [9.17, 15) is 0 Å². The number of halogens is 1. The van der Waals surface area contributed by atoms with Gasteiger partial charge in [0.1, 0.15) is 0 Å². The summed E-state index contributed by atoms with van der Waals surface area (Å²) in [4.78, 5) is 0. The number of hydrogen-bond acceptors (Lipinski definition) is 3. The van der Waals surface area contributed by atoms with Gasteiger partial charge in [-0.15, -0.1) is 0 Å². The van der Waals surface area contributed by atoms with Gasteiger partial charge in [0.15, 0.2) is 0 Å². The zero-order chi connectivity index (χ0) is 11.5. The Hall–Kier alpha value is -1.22. The minimum Gasteiger partial charge on any atom is -0.411 e. The second-order valence-corrected chi connectivity index (χ2v) is 4.38. The molecule has 0 amide bonds. The molecule has 15 heavy (non-hydrogen) atoms. The second-order valence-electron chi connectivity index (χ2n) is 3.95. The van der Waals surface area contributed by atoms with Gasteiger partial charge < -0.3 is 10.5 Å². The second kappa shape index (κ2) is 4.53. The van der Waals surface area contributed by atoms with Crippen LogP contribution in [-0.4, -0.2) is 16.5 Å². The fourth-order valence-electron chi connectivity index (χ4n) is 1.14. The van der Waals surface area contributed by atoms with Gasteiger partial charge in [-0.05, 0) is 39.0 Å². The average Bonchev–Trinajstić information content (AvgIpc) is 2.15. The molecule has 0 atom stereocenters. The lowest BCUT2D eigenvalue weighted by Crippen LogP contribution is -2.38. The summed E-state index contributed by atoms with van der Waals surface area (Å²) >= 11 is 5.87. The van der Waals surface area contributed by atoms with Crippen LogP contribution < -0.4 is 5.32 Å². The van der Waals surface area contributed by atoms with E-state index in [1.807, 2.05) is 38.1 Å². The van der Waals surface area contributed by atoms with Crippen LogP contribution in [0.25, 0.3) is 0 Å². The van der Waals surface area contributed by atoms with E-state index < -0.39 is 5.54 Å². The SMILES string of the molecule is C/C(=N/O)C(C)(C)Nc1cccc(Cl)c1. The van der Waals surface area contributed by atoms with Crippen molar-refractivity contribution in [3.8, 4) is 0 Å². The van der Waals surface area contributed by atoms with Crippen LogP contribution in [0, 0.1) is 0 Å². The maximum absolute atomic E-state index is 8.72. The number of hydrogen-bond donors (Lipinski definition) is 2. The molecule has 0 saturated carbocycles. The molecule has 0 bridgehead atoms. The molecular weight excluding hydrogens is 212 g/mol. The van der Waals surface area contributed by atoms with Gasteiger partial charge in [-0.3, -0.25) is 0 Å².